The molecule has 0 fully saturated rings. The Morgan fingerprint density at radius 3 is 2.71 bits per heavy atom. The second kappa shape index (κ2) is 6.50. The molecular weight excluding hydrogens is 288 g/mol. The van der Waals surface area contributed by atoms with Crippen LogP contribution >= 0.6 is 11.6 Å². The first kappa shape index (κ1) is 15.9. The van der Waals surface area contributed by atoms with Crippen LogP contribution in [0.3, 0.4) is 0 Å². The van der Waals surface area contributed by atoms with E-state index in [0.717, 1.165) is 28.9 Å². The van der Waals surface area contributed by atoms with Gasteiger partial charge in [-0.1, -0.05) is 30.2 Å². The van der Waals surface area contributed by atoms with Gasteiger partial charge in [0.2, 0.25) is 0 Å². The summed E-state index contributed by atoms with van der Waals surface area (Å²) in [7, 11) is 1.86. The third kappa shape index (κ3) is 3.39. The van der Waals surface area contributed by atoms with E-state index in [1.165, 1.54) is 0 Å². The Morgan fingerprint density at radius 1 is 1.43 bits per heavy atom. The van der Waals surface area contributed by atoms with Crippen molar-refractivity contribution in [1.82, 2.24) is 9.78 Å². The Bertz CT molecular complexity index is 635. The standard InChI is InChI=1S/C16H21ClN2O2/c1-5-13-16(17)14(19(4)18-13)9-21-15-7-6-10(2)8-12(15)11(3)20/h6-8,11,20H,5,9H2,1-4H3/t11-/m1/s1. The number of aliphatic hydroxyl groups excluding tert-OH is 1. The molecule has 114 valence electrons. The number of benzene rings is 1. The van der Waals surface area contributed by atoms with Crippen molar-refractivity contribution < 1.29 is 9.84 Å². The third-order valence-corrected chi connectivity index (χ3v) is 3.92. The SMILES string of the molecule is CCc1nn(C)c(COc2ccc(C)cc2[C@@H](C)O)c1Cl. The highest BCUT2D eigenvalue weighted by Gasteiger charge is 2.15. The van der Waals surface area contributed by atoms with Gasteiger partial charge in [0.1, 0.15) is 12.4 Å². The second-order valence-electron chi connectivity index (χ2n) is 5.19. The van der Waals surface area contributed by atoms with Gasteiger partial charge in [0.25, 0.3) is 0 Å². The first-order valence-corrected chi connectivity index (χ1v) is 7.43. The maximum absolute atomic E-state index is 9.85. The summed E-state index contributed by atoms with van der Waals surface area (Å²) in [6.07, 6.45) is 0.212. The molecule has 1 aromatic heterocycles. The Morgan fingerprint density at radius 2 is 2.14 bits per heavy atom. The molecule has 0 unspecified atom stereocenters. The van der Waals surface area contributed by atoms with Crippen LogP contribution < -0.4 is 4.74 Å². The van der Waals surface area contributed by atoms with E-state index < -0.39 is 6.10 Å². The Labute approximate surface area is 130 Å². The fourth-order valence-corrected chi connectivity index (χ4v) is 2.60. The minimum Gasteiger partial charge on any atom is -0.487 e. The summed E-state index contributed by atoms with van der Waals surface area (Å²) >= 11 is 6.31. The summed E-state index contributed by atoms with van der Waals surface area (Å²) in [4.78, 5) is 0. The molecule has 0 saturated heterocycles. The summed E-state index contributed by atoms with van der Waals surface area (Å²) in [5, 5.41) is 14.9. The average Bonchev–Trinajstić information content (AvgIpc) is 2.72. The predicted molar refractivity (Wildman–Crippen MR) is 83.7 cm³/mol. The van der Waals surface area contributed by atoms with E-state index in [0.29, 0.717) is 17.4 Å². The van der Waals surface area contributed by atoms with Crippen LogP contribution in [0.15, 0.2) is 18.2 Å². The Kier molecular flexibility index (Phi) is 4.91. The molecular formula is C16H21ClN2O2. The van der Waals surface area contributed by atoms with E-state index >= 15 is 0 Å². The van der Waals surface area contributed by atoms with Crippen molar-refractivity contribution in [3.8, 4) is 5.75 Å². The van der Waals surface area contributed by atoms with Crippen molar-refractivity contribution in [3.05, 3.63) is 45.7 Å². The van der Waals surface area contributed by atoms with Crippen LogP contribution in [0, 0.1) is 6.92 Å². The van der Waals surface area contributed by atoms with Crippen molar-refractivity contribution in [1.29, 1.82) is 0 Å². The molecule has 5 heteroatoms. The molecule has 21 heavy (non-hydrogen) atoms. The van der Waals surface area contributed by atoms with Gasteiger partial charge >= 0.3 is 0 Å². The molecule has 0 amide bonds. The third-order valence-electron chi connectivity index (χ3n) is 3.48. The van der Waals surface area contributed by atoms with Gasteiger partial charge in [-0.05, 0) is 32.4 Å². The molecule has 0 bridgehead atoms. The normalized spacial score (nSPS) is 12.5. The lowest BCUT2D eigenvalue weighted by molar-refractivity contribution is 0.189. The minimum atomic E-state index is -0.576. The monoisotopic (exact) mass is 308 g/mol. The maximum Gasteiger partial charge on any atom is 0.131 e. The molecule has 0 radical (unpaired) electrons. The molecule has 0 saturated carbocycles. The number of aliphatic hydroxyl groups is 1. The highest BCUT2D eigenvalue weighted by molar-refractivity contribution is 6.31. The van der Waals surface area contributed by atoms with Gasteiger partial charge in [-0.25, -0.2) is 0 Å². The summed E-state index contributed by atoms with van der Waals surface area (Å²) in [6.45, 7) is 6.06. The van der Waals surface area contributed by atoms with Gasteiger partial charge < -0.3 is 9.84 Å². The Balaban J connectivity index is 2.23. The molecule has 0 aliphatic rings. The van der Waals surface area contributed by atoms with Crippen molar-refractivity contribution in [2.24, 2.45) is 7.05 Å². The van der Waals surface area contributed by atoms with Crippen LogP contribution in [0.1, 0.15) is 42.5 Å². The first-order chi connectivity index (χ1) is 9.93. The Hall–Kier alpha value is -1.52. The van der Waals surface area contributed by atoms with Crippen molar-refractivity contribution in [3.63, 3.8) is 0 Å². The predicted octanol–water partition coefficient (Wildman–Crippen LogP) is 3.58. The smallest absolute Gasteiger partial charge is 0.131 e. The van der Waals surface area contributed by atoms with E-state index in [9.17, 15) is 5.11 Å². The topological polar surface area (TPSA) is 47.3 Å². The average molecular weight is 309 g/mol. The van der Waals surface area contributed by atoms with Gasteiger partial charge in [-0.15, -0.1) is 0 Å². The summed E-state index contributed by atoms with van der Waals surface area (Å²) in [6, 6.07) is 5.77. The van der Waals surface area contributed by atoms with E-state index in [2.05, 4.69) is 5.10 Å². The van der Waals surface area contributed by atoms with Gasteiger partial charge in [-0.2, -0.15) is 5.10 Å². The molecule has 2 rings (SSSR count). The molecule has 1 atom stereocenters. The van der Waals surface area contributed by atoms with Crippen LogP contribution in [0.25, 0.3) is 0 Å². The zero-order chi connectivity index (χ0) is 15.6. The van der Waals surface area contributed by atoms with Gasteiger partial charge in [0.05, 0.1) is 22.5 Å². The number of hydrogen-bond donors (Lipinski definition) is 1. The number of ether oxygens (including phenoxy) is 1. The lowest BCUT2D eigenvalue weighted by Crippen LogP contribution is -2.06. The number of rotatable bonds is 5. The van der Waals surface area contributed by atoms with Crippen molar-refractivity contribution in [2.75, 3.05) is 0 Å². The molecule has 2 aromatic rings. The van der Waals surface area contributed by atoms with E-state index in [1.54, 1.807) is 11.6 Å². The molecule has 1 heterocycles. The molecule has 1 N–H and O–H groups in total. The van der Waals surface area contributed by atoms with Crippen molar-refractivity contribution >= 4 is 11.6 Å². The molecule has 0 aliphatic carbocycles. The maximum atomic E-state index is 9.85. The van der Waals surface area contributed by atoms with Gasteiger partial charge in [-0.3, -0.25) is 4.68 Å². The second-order valence-corrected chi connectivity index (χ2v) is 5.57. The molecule has 0 spiro atoms. The van der Waals surface area contributed by atoms with Crippen LogP contribution in [-0.2, 0) is 20.1 Å². The van der Waals surface area contributed by atoms with Crippen molar-refractivity contribution in [2.45, 2.75) is 39.9 Å². The summed E-state index contributed by atoms with van der Waals surface area (Å²) < 4.78 is 7.60. The molecule has 1 aromatic carbocycles. The van der Waals surface area contributed by atoms with Gasteiger partial charge in [0, 0.05) is 12.6 Å². The highest BCUT2D eigenvalue weighted by Crippen LogP contribution is 2.28. The quantitative estimate of drug-likeness (QED) is 0.918. The van der Waals surface area contributed by atoms with Crippen LogP contribution in [0.2, 0.25) is 5.02 Å². The van der Waals surface area contributed by atoms with Crippen LogP contribution in [0.5, 0.6) is 5.75 Å². The zero-order valence-electron chi connectivity index (χ0n) is 12.9. The number of aryl methyl sites for hydroxylation is 3. The fraction of sp³-hybridized carbons (Fsp3) is 0.438. The number of hydrogen-bond acceptors (Lipinski definition) is 3. The van der Waals surface area contributed by atoms with E-state index in [-0.39, 0.29) is 0 Å². The zero-order valence-corrected chi connectivity index (χ0v) is 13.6. The number of halogens is 1. The van der Waals surface area contributed by atoms with Crippen LogP contribution in [0.4, 0.5) is 0 Å². The van der Waals surface area contributed by atoms with E-state index in [4.69, 9.17) is 16.3 Å². The number of nitrogens with zero attached hydrogens (tertiary/aromatic N) is 2. The molecule has 0 aliphatic heterocycles. The number of aromatic nitrogens is 2. The highest BCUT2D eigenvalue weighted by atomic mass is 35.5. The lowest BCUT2D eigenvalue weighted by Gasteiger charge is -2.14. The fourth-order valence-electron chi connectivity index (χ4n) is 2.25. The van der Waals surface area contributed by atoms with Gasteiger partial charge in [0.15, 0.2) is 0 Å². The molecule has 4 nitrogen and oxygen atoms in total. The largest absolute Gasteiger partial charge is 0.487 e. The lowest BCUT2D eigenvalue weighted by atomic mass is 10.1. The summed E-state index contributed by atoms with van der Waals surface area (Å²) in [5.74, 6) is 0.672. The minimum absolute atomic E-state index is 0.325. The van der Waals surface area contributed by atoms with Crippen LogP contribution in [-0.4, -0.2) is 14.9 Å². The van der Waals surface area contributed by atoms with E-state index in [1.807, 2.05) is 39.1 Å². The summed E-state index contributed by atoms with van der Waals surface area (Å²) in [5.41, 5.74) is 3.58. The first-order valence-electron chi connectivity index (χ1n) is 7.05.